The third-order valence-electron chi connectivity index (χ3n) is 4.02. The largest absolute Gasteiger partial charge is 0.494 e. The van der Waals surface area contributed by atoms with Gasteiger partial charge in [-0.2, -0.15) is 13.2 Å². The molecule has 3 aromatic rings. The fraction of sp³-hybridized carbons (Fsp3) is 0.250. The smallest absolute Gasteiger partial charge is 0.416 e. The van der Waals surface area contributed by atoms with Crippen molar-refractivity contribution >= 4 is 35.0 Å². The van der Waals surface area contributed by atoms with Crippen LogP contribution in [-0.4, -0.2) is 28.0 Å². The molecule has 164 valence electrons. The first-order valence-corrected chi connectivity index (χ1v) is 10.3. The lowest BCUT2D eigenvalue weighted by atomic mass is 10.2. The third kappa shape index (κ3) is 5.92. The summed E-state index contributed by atoms with van der Waals surface area (Å²) in [7, 11) is 0. The maximum atomic E-state index is 12.9. The van der Waals surface area contributed by atoms with Crippen LogP contribution >= 0.6 is 23.4 Å². The molecule has 1 atom stereocenters. The lowest BCUT2D eigenvalue weighted by Gasteiger charge is -2.13. The van der Waals surface area contributed by atoms with E-state index in [9.17, 15) is 18.0 Å². The van der Waals surface area contributed by atoms with Crippen molar-refractivity contribution in [2.75, 3.05) is 11.9 Å². The molecule has 0 spiro atoms. The van der Waals surface area contributed by atoms with Gasteiger partial charge < -0.3 is 14.5 Å². The minimum Gasteiger partial charge on any atom is -0.494 e. The summed E-state index contributed by atoms with van der Waals surface area (Å²) in [6.07, 6.45) is -4.55. The number of anilines is 1. The van der Waals surface area contributed by atoms with Crippen molar-refractivity contribution in [2.24, 2.45) is 0 Å². The summed E-state index contributed by atoms with van der Waals surface area (Å²) in [6, 6.07) is 9.78. The predicted molar refractivity (Wildman–Crippen MR) is 111 cm³/mol. The summed E-state index contributed by atoms with van der Waals surface area (Å²) in [5.41, 5.74) is -0.366. The number of aromatic nitrogens is 2. The summed E-state index contributed by atoms with van der Waals surface area (Å²) in [4.78, 5) is 12.4. The van der Waals surface area contributed by atoms with Crippen LogP contribution in [0.25, 0.3) is 11.5 Å². The summed E-state index contributed by atoms with van der Waals surface area (Å²) < 4.78 is 49.6. The SMILES string of the molecule is CCOc1ccc(-c2nnc(SC(C)C(=O)Nc3cc(C(F)(F)F)ccc3Cl)o2)cc1. The number of nitrogens with one attached hydrogen (secondary N) is 1. The average molecular weight is 472 g/mol. The second-order valence-electron chi connectivity index (χ2n) is 6.27. The van der Waals surface area contributed by atoms with Gasteiger partial charge in [0.1, 0.15) is 5.75 Å². The van der Waals surface area contributed by atoms with Gasteiger partial charge in [-0.15, -0.1) is 10.2 Å². The van der Waals surface area contributed by atoms with Crippen molar-refractivity contribution in [1.29, 1.82) is 0 Å². The van der Waals surface area contributed by atoms with Crippen molar-refractivity contribution in [2.45, 2.75) is 30.5 Å². The molecule has 1 amide bonds. The van der Waals surface area contributed by atoms with Gasteiger partial charge in [-0.1, -0.05) is 23.4 Å². The minimum absolute atomic E-state index is 0.00544. The second-order valence-corrected chi connectivity index (χ2v) is 7.97. The van der Waals surface area contributed by atoms with E-state index in [1.165, 1.54) is 0 Å². The maximum Gasteiger partial charge on any atom is 0.416 e. The van der Waals surface area contributed by atoms with Crippen LogP contribution in [0.2, 0.25) is 5.02 Å². The number of nitrogens with zero attached hydrogens (tertiary/aromatic N) is 2. The summed E-state index contributed by atoms with van der Waals surface area (Å²) >= 11 is 6.89. The molecular weight excluding hydrogens is 455 g/mol. The zero-order valence-electron chi connectivity index (χ0n) is 16.4. The van der Waals surface area contributed by atoms with Gasteiger partial charge >= 0.3 is 6.18 Å². The molecule has 0 bridgehead atoms. The molecule has 31 heavy (non-hydrogen) atoms. The molecule has 3 rings (SSSR count). The highest BCUT2D eigenvalue weighted by atomic mass is 35.5. The quantitative estimate of drug-likeness (QED) is 0.430. The van der Waals surface area contributed by atoms with E-state index in [4.69, 9.17) is 20.8 Å². The number of amides is 1. The number of benzene rings is 2. The number of thioether (sulfide) groups is 1. The van der Waals surface area contributed by atoms with Gasteiger partial charge in [-0.3, -0.25) is 4.79 Å². The molecule has 1 N–H and O–H groups in total. The number of carbonyl (C=O) groups excluding carboxylic acids is 1. The lowest BCUT2D eigenvalue weighted by Crippen LogP contribution is -2.23. The van der Waals surface area contributed by atoms with Gasteiger partial charge in [-0.25, -0.2) is 0 Å². The minimum atomic E-state index is -4.55. The zero-order valence-corrected chi connectivity index (χ0v) is 17.9. The highest BCUT2D eigenvalue weighted by molar-refractivity contribution is 8.00. The molecule has 1 aromatic heterocycles. The van der Waals surface area contributed by atoms with E-state index in [1.54, 1.807) is 31.2 Å². The number of halogens is 4. The van der Waals surface area contributed by atoms with Crippen molar-refractivity contribution in [1.82, 2.24) is 10.2 Å². The Labute approximate surface area is 185 Å². The van der Waals surface area contributed by atoms with Crippen LogP contribution in [0.4, 0.5) is 18.9 Å². The molecule has 1 unspecified atom stereocenters. The van der Waals surface area contributed by atoms with Crippen LogP contribution < -0.4 is 10.1 Å². The fourth-order valence-electron chi connectivity index (χ4n) is 2.47. The normalized spacial score (nSPS) is 12.5. The molecule has 0 saturated heterocycles. The van der Waals surface area contributed by atoms with Gasteiger partial charge in [0.25, 0.3) is 5.22 Å². The van der Waals surface area contributed by atoms with Gasteiger partial charge in [0.05, 0.1) is 28.1 Å². The van der Waals surface area contributed by atoms with Crippen LogP contribution in [0, 0.1) is 0 Å². The van der Waals surface area contributed by atoms with Crippen LogP contribution in [0.1, 0.15) is 19.4 Å². The molecule has 1 heterocycles. The number of hydrogen-bond acceptors (Lipinski definition) is 6. The predicted octanol–water partition coefficient (Wildman–Crippen LogP) is 5.93. The Kier molecular flexibility index (Phi) is 7.11. The monoisotopic (exact) mass is 471 g/mol. The molecule has 11 heteroatoms. The fourth-order valence-corrected chi connectivity index (χ4v) is 3.32. The molecule has 0 aliphatic heterocycles. The summed E-state index contributed by atoms with van der Waals surface area (Å²) in [5.74, 6) is 0.407. The van der Waals surface area contributed by atoms with Crippen molar-refractivity contribution in [3.05, 3.63) is 53.1 Å². The molecule has 0 saturated carbocycles. The molecular formula is C20H17ClF3N3O3S. The number of hydrogen-bond donors (Lipinski definition) is 1. The average Bonchev–Trinajstić information content (AvgIpc) is 3.18. The van der Waals surface area contributed by atoms with E-state index in [2.05, 4.69) is 15.5 Å². The van der Waals surface area contributed by atoms with Crippen molar-refractivity contribution < 1.29 is 27.1 Å². The van der Waals surface area contributed by atoms with Crippen LogP contribution in [0.3, 0.4) is 0 Å². The van der Waals surface area contributed by atoms with E-state index in [1.807, 2.05) is 6.92 Å². The Hall–Kier alpha value is -2.72. The van der Waals surface area contributed by atoms with Gasteiger partial charge in [0, 0.05) is 5.56 Å². The van der Waals surface area contributed by atoms with E-state index in [0.717, 1.165) is 30.0 Å². The molecule has 0 fully saturated rings. The first-order chi connectivity index (χ1) is 14.7. The van der Waals surface area contributed by atoms with Gasteiger partial charge in [-0.05, 0) is 56.3 Å². The Bertz CT molecular complexity index is 1060. The molecule has 0 aliphatic rings. The summed E-state index contributed by atoms with van der Waals surface area (Å²) in [6.45, 7) is 3.99. The molecule has 0 radical (unpaired) electrons. The first kappa shape index (κ1) is 23.0. The standard InChI is InChI=1S/C20H17ClF3N3O3S/c1-3-29-14-7-4-12(5-8-14)18-26-27-19(30-18)31-11(2)17(28)25-16-10-13(20(22,23)24)6-9-15(16)21/h4-11H,3H2,1-2H3,(H,25,28). The van der Waals surface area contributed by atoms with E-state index >= 15 is 0 Å². The second kappa shape index (κ2) is 9.61. The van der Waals surface area contributed by atoms with Crippen molar-refractivity contribution in [3.8, 4) is 17.2 Å². The van der Waals surface area contributed by atoms with Crippen molar-refractivity contribution in [3.63, 3.8) is 0 Å². The van der Waals surface area contributed by atoms with E-state index in [-0.39, 0.29) is 21.8 Å². The lowest BCUT2D eigenvalue weighted by molar-refractivity contribution is -0.137. The highest BCUT2D eigenvalue weighted by Crippen LogP contribution is 2.34. The van der Waals surface area contributed by atoms with Gasteiger partial charge in [0.2, 0.25) is 11.8 Å². The number of rotatable bonds is 7. The highest BCUT2D eigenvalue weighted by Gasteiger charge is 2.31. The molecule has 2 aromatic carbocycles. The Balaban J connectivity index is 1.65. The summed E-state index contributed by atoms with van der Waals surface area (Å²) in [5, 5.41) is 9.66. The molecule has 6 nitrogen and oxygen atoms in total. The Morgan fingerprint density at radius 1 is 1.23 bits per heavy atom. The number of carbonyl (C=O) groups is 1. The van der Waals surface area contributed by atoms with Crippen LogP contribution in [0.5, 0.6) is 5.75 Å². The van der Waals surface area contributed by atoms with Crippen LogP contribution in [0.15, 0.2) is 52.1 Å². The number of ether oxygens (including phenoxy) is 1. The topological polar surface area (TPSA) is 77.2 Å². The van der Waals surface area contributed by atoms with Gasteiger partial charge in [0.15, 0.2) is 0 Å². The Morgan fingerprint density at radius 3 is 2.58 bits per heavy atom. The van der Waals surface area contributed by atoms with Crippen LogP contribution in [-0.2, 0) is 11.0 Å². The molecule has 0 aliphatic carbocycles. The number of alkyl halides is 3. The zero-order chi connectivity index (χ0) is 22.6. The van der Waals surface area contributed by atoms with E-state index in [0.29, 0.717) is 17.9 Å². The third-order valence-corrected chi connectivity index (χ3v) is 5.28. The Morgan fingerprint density at radius 2 is 1.94 bits per heavy atom. The first-order valence-electron chi connectivity index (χ1n) is 9.08. The maximum absolute atomic E-state index is 12.9. The van der Waals surface area contributed by atoms with E-state index < -0.39 is 22.9 Å².